The number of benzene rings is 2. The monoisotopic (exact) mass is 264 g/mol. The van der Waals surface area contributed by atoms with E-state index in [0.717, 1.165) is 0 Å². The van der Waals surface area contributed by atoms with E-state index in [0.29, 0.717) is 11.3 Å². The minimum absolute atomic E-state index is 0.0892. The Morgan fingerprint density at radius 3 is 2.30 bits per heavy atom. The van der Waals surface area contributed by atoms with Gasteiger partial charge in [-0.2, -0.15) is 0 Å². The third kappa shape index (κ3) is 2.14. The molecule has 0 aliphatic heterocycles. The molecule has 0 saturated heterocycles. The quantitative estimate of drug-likeness (QED) is 0.619. The largest absolute Gasteiger partial charge is 0.496 e. The van der Waals surface area contributed by atoms with Gasteiger partial charge in [-0.1, -0.05) is 54.6 Å². The Bertz CT molecular complexity index is 643. The van der Waals surface area contributed by atoms with Crippen molar-refractivity contribution in [3.8, 4) is 5.75 Å². The lowest BCUT2D eigenvalue weighted by Gasteiger charge is -2.29. The number of hydrogen-bond acceptors (Lipinski definition) is 2. The number of allylic oxidation sites excluding steroid dienone is 2. The van der Waals surface area contributed by atoms with Crippen molar-refractivity contribution in [2.75, 3.05) is 7.11 Å². The van der Waals surface area contributed by atoms with Gasteiger partial charge in [-0.05, 0) is 17.7 Å². The topological polar surface area (TPSA) is 26.3 Å². The van der Waals surface area contributed by atoms with E-state index in [1.807, 2.05) is 48.5 Å². The molecule has 0 aromatic heterocycles. The van der Waals surface area contributed by atoms with E-state index in [-0.39, 0.29) is 17.6 Å². The molecule has 0 heterocycles. The number of hydrogen-bond donors (Lipinski definition) is 0. The second-order valence-corrected chi connectivity index (χ2v) is 4.91. The third-order valence-electron chi connectivity index (χ3n) is 3.77. The van der Waals surface area contributed by atoms with Gasteiger partial charge in [0, 0.05) is 5.92 Å². The fourth-order valence-electron chi connectivity index (χ4n) is 2.61. The fourth-order valence-corrected chi connectivity index (χ4v) is 2.61. The van der Waals surface area contributed by atoms with Crippen LogP contribution in [0.2, 0.25) is 0 Å². The average molecular weight is 264 g/mol. The molecule has 20 heavy (non-hydrogen) atoms. The number of Topliss-reactive ketones (excluding diaryl/α,β-unsaturated/α-hetero) is 1. The van der Waals surface area contributed by atoms with Crippen molar-refractivity contribution in [3.63, 3.8) is 0 Å². The molecule has 0 spiro atoms. The number of ketones is 1. The number of ether oxygens (including phenoxy) is 1. The zero-order chi connectivity index (χ0) is 13.9. The Balaban J connectivity index is 1.87. The highest BCUT2D eigenvalue weighted by molar-refractivity contribution is 6.02. The van der Waals surface area contributed by atoms with Gasteiger partial charge in [0.05, 0.1) is 18.6 Å². The molecule has 2 aromatic rings. The SMILES string of the molecule is COc1ccccc1C(=O)[C@@H]1C=C[C@@H]1c1ccccc1. The van der Waals surface area contributed by atoms with E-state index in [1.165, 1.54) is 5.56 Å². The third-order valence-corrected chi connectivity index (χ3v) is 3.77. The molecular weight excluding hydrogens is 248 g/mol. The Kier molecular flexibility index (Phi) is 3.38. The van der Waals surface area contributed by atoms with E-state index >= 15 is 0 Å². The first kappa shape index (κ1) is 12.7. The van der Waals surface area contributed by atoms with Crippen molar-refractivity contribution in [3.05, 3.63) is 77.9 Å². The second-order valence-electron chi connectivity index (χ2n) is 4.91. The van der Waals surface area contributed by atoms with Gasteiger partial charge in [0.2, 0.25) is 0 Å². The second kappa shape index (κ2) is 5.33. The maximum absolute atomic E-state index is 12.7. The van der Waals surface area contributed by atoms with Gasteiger partial charge < -0.3 is 4.74 Å². The van der Waals surface area contributed by atoms with Crippen LogP contribution in [0.25, 0.3) is 0 Å². The highest BCUT2D eigenvalue weighted by atomic mass is 16.5. The fraction of sp³-hybridized carbons (Fsp3) is 0.167. The van der Waals surface area contributed by atoms with Crippen molar-refractivity contribution < 1.29 is 9.53 Å². The summed E-state index contributed by atoms with van der Waals surface area (Å²) >= 11 is 0. The standard InChI is InChI=1S/C18H16O2/c1-20-17-10-6-5-9-16(17)18(19)15-12-11-14(15)13-7-3-2-4-8-13/h2-12,14-15H,1H3/t14-,15-/m1/s1. The molecule has 0 amide bonds. The van der Waals surface area contributed by atoms with Crippen molar-refractivity contribution in [2.24, 2.45) is 5.92 Å². The molecule has 3 rings (SSSR count). The Morgan fingerprint density at radius 2 is 1.65 bits per heavy atom. The van der Waals surface area contributed by atoms with Crippen LogP contribution in [0.5, 0.6) is 5.75 Å². The lowest BCUT2D eigenvalue weighted by molar-refractivity contribution is 0.0924. The molecule has 2 nitrogen and oxygen atoms in total. The molecule has 0 unspecified atom stereocenters. The van der Waals surface area contributed by atoms with E-state index in [4.69, 9.17) is 4.74 Å². The highest BCUT2D eigenvalue weighted by Gasteiger charge is 2.33. The highest BCUT2D eigenvalue weighted by Crippen LogP contribution is 2.38. The summed E-state index contributed by atoms with van der Waals surface area (Å²) in [4.78, 5) is 12.7. The van der Waals surface area contributed by atoms with Crippen molar-refractivity contribution >= 4 is 5.78 Å². The van der Waals surface area contributed by atoms with Crippen molar-refractivity contribution in [2.45, 2.75) is 5.92 Å². The molecule has 0 bridgehead atoms. The predicted molar refractivity (Wildman–Crippen MR) is 79.1 cm³/mol. The molecule has 2 heteroatoms. The van der Waals surface area contributed by atoms with Crippen LogP contribution >= 0.6 is 0 Å². The first-order chi connectivity index (χ1) is 9.81. The van der Waals surface area contributed by atoms with E-state index in [2.05, 4.69) is 18.2 Å². The smallest absolute Gasteiger partial charge is 0.174 e. The maximum atomic E-state index is 12.7. The molecule has 0 saturated carbocycles. The summed E-state index contributed by atoms with van der Waals surface area (Å²) in [7, 11) is 1.59. The van der Waals surface area contributed by atoms with Crippen molar-refractivity contribution in [1.29, 1.82) is 0 Å². The number of carbonyl (C=O) groups excluding carboxylic acids is 1. The molecule has 1 aliphatic rings. The Labute approximate surface area is 118 Å². The van der Waals surface area contributed by atoms with Gasteiger partial charge >= 0.3 is 0 Å². The zero-order valence-electron chi connectivity index (χ0n) is 11.3. The summed E-state index contributed by atoms with van der Waals surface area (Å²) in [5, 5.41) is 0. The molecular formula is C18H16O2. The number of methoxy groups -OCH3 is 1. The lowest BCUT2D eigenvalue weighted by Crippen LogP contribution is -2.26. The van der Waals surface area contributed by atoms with E-state index in [9.17, 15) is 4.79 Å². The summed E-state index contributed by atoms with van der Waals surface area (Å²) < 4.78 is 5.28. The van der Waals surface area contributed by atoms with Crippen molar-refractivity contribution in [1.82, 2.24) is 0 Å². The molecule has 2 atom stereocenters. The van der Waals surface area contributed by atoms with Crippen LogP contribution in [-0.4, -0.2) is 12.9 Å². The van der Waals surface area contributed by atoms with Gasteiger partial charge in [-0.3, -0.25) is 4.79 Å². The molecule has 1 aliphatic carbocycles. The van der Waals surface area contributed by atoms with Crippen LogP contribution in [0.4, 0.5) is 0 Å². The minimum Gasteiger partial charge on any atom is -0.496 e. The van der Waals surface area contributed by atoms with Crippen LogP contribution in [0.1, 0.15) is 21.8 Å². The zero-order valence-corrected chi connectivity index (χ0v) is 11.3. The van der Waals surface area contributed by atoms with Gasteiger partial charge in [0.1, 0.15) is 5.75 Å². The summed E-state index contributed by atoms with van der Waals surface area (Å²) in [6.45, 7) is 0. The van der Waals surface area contributed by atoms with E-state index in [1.54, 1.807) is 7.11 Å². The minimum atomic E-state index is -0.0892. The molecule has 2 aromatic carbocycles. The molecule has 100 valence electrons. The predicted octanol–water partition coefficient (Wildman–Crippen LogP) is 3.85. The van der Waals surface area contributed by atoms with Crippen LogP contribution in [0.3, 0.4) is 0 Å². The van der Waals surface area contributed by atoms with Crippen LogP contribution < -0.4 is 4.74 Å². The van der Waals surface area contributed by atoms with Gasteiger partial charge in [-0.25, -0.2) is 0 Å². The van der Waals surface area contributed by atoms with Gasteiger partial charge in [0.25, 0.3) is 0 Å². The molecule has 0 fully saturated rings. The van der Waals surface area contributed by atoms with Crippen LogP contribution in [-0.2, 0) is 0 Å². The lowest BCUT2D eigenvalue weighted by atomic mass is 9.73. The summed E-state index contributed by atoms with van der Waals surface area (Å²) in [5.41, 5.74) is 1.84. The first-order valence-electron chi connectivity index (χ1n) is 6.72. The normalized spacial score (nSPS) is 20.2. The maximum Gasteiger partial charge on any atom is 0.174 e. The van der Waals surface area contributed by atoms with Crippen LogP contribution in [0.15, 0.2) is 66.7 Å². The molecule has 0 N–H and O–H groups in total. The summed E-state index contributed by atoms with van der Waals surface area (Å²) in [5.74, 6) is 0.853. The first-order valence-corrected chi connectivity index (χ1v) is 6.72. The Morgan fingerprint density at radius 1 is 0.950 bits per heavy atom. The summed E-state index contributed by atoms with van der Waals surface area (Å²) in [6, 6.07) is 17.5. The van der Waals surface area contributed by atoms with E-state index < -0.39 is 0 Å². The average Bonchev–Trinajstić information content (AvgIpc) is 2.47. The number of para-hydroxylation sites is 1. The Hall–Kier alpha value is -2.35. The van der Waals surface area contributed by atoms with Crippen LogP contribution in [0, 0.1) is 5.92 Å². The molecule has 0 radical (unpaired) electrons. The number of carbonyl (C=O) groups is 1. The van der Waals surface area contributed by atoms with Gasteiger partial charge in [-0.15, -0.1) is 0 Å². The van der Waals surface area contributed by atoms with Gasteiger partial charge in [0.15, 0.2) is 5.78 Å². The summed E-state index contributed by atoms with van der Waals surface area (Å²) in [6.07, 6.45) is 4.07. The number of rotatable bonds is 4.